The molecule has 1 aromatic heterocycles. The van der Waals surface area contributed by atoms with Crippen molar-refractivity contribution in [2.45, 2.75) is 26.7 Å². The zero-order chi connectivity index (χ0) is 13.0. The van der Waals surface area contributed by atoms with Gasteiger partial charge >= 0.3 is 0 Å². The number of hydrogen-bond donors (Lipinski definition) is 2. The second kappa shape index (κ2) is 5.81. The van der Waals surface area contributed by atoms with Gasteiger partial charge < -0.3 is 9.80 Å². The molecule has 0 unspecified atom stereocenters. The van der Waals surface area contributed by atoms with Crippen LogP contribution in [0.2, 0.25) is 0 Å². The summed E-state index contributed by atoms with van der Waals surface area (Å²) in [5.41, 5.74) is 2.52. The lowest BCUT2D eigenvalue weighted by atomic mass is 10.4. The summed E-state index contributed by atoms with van der Waals surface area (Å²) in [7, 11) is 0. The normalized spacial score (nSPS) is 14.9. The number of hydrazine groups is 1. The first-order valence-corrected chi connectivity index (χ1v) is 6.51. The van der Waals surface area contributed by atoms with E-state index in [2.05, 4.69) is 44.0 Å². The number of anilines is 3. The largest absolute Gasteiger partial charge is 0.341 e. The van der Waals surface area contributed by atoms with Crippen LogP contribution in [0.25, 0.3) is 0 Å². The molecule has 2 rings (SSSR count). The molecular formula is C11H21N7. The van der Waals surface area contributed by atoms with Crippen molar-refractivity contribution in [1.29, 1.82) is 0 Å². The molecule has 2 heterocycles. The smallest absolute Gasteiger partial charge is 0.243 e. The molecule has 0 radical (unpaired) electrons. The molecule has 18 heavy (non-hydrogen) atoms. The van der Waals surface area contributed by atoms with Crippen LogP contribution in [0.1, 0.15) is 26.7 Å². The Balaban J connectivity index is 2.31. The summed E-state index contributed by atoms with van der Waals surface area (Å²) >= 11 is 0. The molecule has 1 fully saturated rings. The van der Waals surface area contributed by atoms with Crippen molar-refractivity contribution in [3.63, 3.8) is 0 Å². The van der Waals surface area contributed by atoms with Gasteiger partial charge in [-0.05, 0) is 26.7 Å². The number of nitrogen functional groups attached to an aromatic ring is 1. The van der Waals surface area contributed by atoms with Gasteiger partial charge in [-0.3, -0.25) is 5.43 Å². The number of aromatic nitrogens is 3. The molecule has 7 heteroatoms. The molecule has 0 atom stereocenters. The molecule has 1 aromatic rings. The van der Waals surface area contributed by atoms with Crippen LogP contribution in [0, 0.1) is 0 Å². The van der Waals surface area contributed by atoms with Crippen LogP contribution in [0.15, 0.2) is 0 Å². The Morgan fingerprint density at radius 1 is 1.17 bits per heavy atom. The molecule has 1 aliphatic rings. The van der Waals surface area contributed by atoms with Gasteiger partial charge in [0.15, 0.2) is 0 Å². The number of hydrogen-bond acceptors (Lipinski definition) is 7. The molecule has 0 bridgehead atoms. The fourth-order valence-corrected chi connectivity index (χ4v) is 2.12. The molecule has 0 amide bonds. The Morgan fingerprint density at radius 3 is 2.39 bits per heavy atom. The quantitative estimate of drug-likeness (QED) is 0.585. The highest BCUT2D eigenvalue weighted by Gasteiger charge is 2.18. The number of nitrogens with one attached hydrogen (secondary N) is 1. The molecule has 100 valence electrons. The Bertz CT molecular complexity index is 365. The summed E-state index contributed by atoms with van der Waals surface area (Å²) in [5, 5.41) is 0. The topological polar surface area (TPSA) is 83.2 Å². The van der Waals surface area contributed by atoms with E-state index in [4.69, 9.17) is 5.84 Å². The van der Waals surface area contributed by atoms with Crippen molar-refractivity contribution in [2.75, 3.05) is 41.4 Å². The van der Waals surface area contributed by atoms with E-state index in [0.29, 0.717) is 11.9 Å². The minimum atomic E-state index is 0.425. The van der Waals surface area contributed by atoms with Crippen LogP contribution in [0.3, 0.4) is 0 Å². The van der Waals surface area contributed by atoms with Crippen molar-refractivity contribution in [3.05, 3.63) is 0 Å². The highest BCUT2D eigenvalue weighted by Crippen LogP contribution is 2.19. The van der Waals surface area contributed by atoms with E-state index in [1.54, 1.807) is 0 Å². The lowest BCUT2D eigenvalue weighted by Gasteiger charge is -2.22. The van der Waals surface area contributed by atoms with Crippen LogP contribution in [0.4, 0.5) is 17.8 Å². The first-order valence-electron chi connectivity index (χ1n) is 6.51. The van der Waals surface area contributed by atoms with E-state index in [1.165, 1.54) is 12.8 Å². The third-order valence-corrected chi connectivity index (χ3v) is 3.18. The molecular weight excluding hydrogens is 230 g/mol. The number of nitrogens with two attached hydrogens (primary N) is 1. The summed E-state index contributed by atoms with van der Waals surface area (Å²) in [6.07, 6.45) is 2.38. The first kappa shape index (κ1) is 12.8. The van der Waals surface area contributed by atoms with E-state index < -0.39 is 0 Å². The standard InChI is InChI=1S/C11H21N7/c1-3-17(4-2)10-13-9(16-12)14-11(15-10)18-7-5-6-8-18/h3-8,12H2,1-2H3,(H,13,14,15,16). The third kappa shape index (κ3) is 2.61. The highest BCUT2D eigenvalue weighted by atomic mass is 15.4. The van der Waals surface area contributed by atoms with Crippen LogP contribution in [0.5, 0.6) is 0 Å². The zero-order valence-electron chi connectivity index (χ0n) is 11.1. The average Bonchev–Trinajstić information content (AvgIpc) is 2.94. The van der Waals surface area contributed by atoms with E-state index in [0.717, 1.165) is 32.1 Å². The van der Waals surface area contributed by atoms with Gasteiger partial charge in [-0.1, -0.05) is 0 Å². The van der Waals surface area contributed by atoms with Crippen molar-refractivity contribution in [3.8, 4) is 0 Å². The lowest BCUT2D eigenvalue weighted by molar-refractivity contribution is 0.797. The Morgan fingerprint density at radius 2 is 1.83 bits per heavy atom. The minimum absolute atomic E-state index is 0.425. The maximum Gasteiger partial charge on any atom is 0.243 e. The van der Waals surface area contributed by atoms with Gasteiger partial charge in [-0.2, -0.15) is 15.0 Å². The zero-order valence-corrected chi connectivity index (χ0v) is 11.1. The molecule has 0 spiro atoms. The van der Waals surface area contributed by atoms with Gasteiger partial charge in [-0.15, -0.1) is 0 Å². The molecule has 1 aliphatic heterocycles. The highest BCUT2D eigenvalue weighted by molar-refractivity contribution is 5.45. The van der Waals surface area contributed by atoms with Gasteiger partial charge in [0.2, 0.25) is 17.8 Å². The maximum atomic E-state index is 5.43. The maximum absolute atomic E-state index is 5.43. The fourth-order valence-electron chi connectivity index (χ4n) is 2.12. The predicted molar refractivity (Wildman–Crippen MR) is 72.6 cm³/mol. The molecule has 3 N–H and O–H groups in total. The van der Waals surface area contributed by atoms with Gasteiger partial charge in [0.05, 0.1) is 0 Å². The fraction of sp³-hybridized carbons (Fsp3) is 0.727. The summed E-state index contributed by atoms with van der Waals surface area (Å²) in [5.74, 6) is 7.26. The van der Waals surface area contributed by atoms with Crippen LogP contribution >= 0.6 is 0 Å². The van der Waals surface area contributed by atoms with Crippen molar-refractivity contribution >= 4 is 17.8 Å². The second-order valence-corrected chi connectivity index (χ2v) is 4.27. The minimum Gasteiger partial charge on any atom is -0.341 e. The lowest BCUT2D eigenvalue weighted by Crippen LogP contribution is -2.28. The molecule has 7 nitrogen and oxygen atoms in total. The Labute approximate surface area is 107 Å². The summed E-state index contributed by atoms with van der Waals surface area (Å²) < 4.78 is 0. The molecule has 0 saturated carbocycles. The van der Waals surface area contributed by atoms with E-state index in [9.17, 15) is 0 Å². The number of rotatable bonds is 5. The van der Waals surface area contributed by atoms with E-state index in [1.807, 2.05) is 0 Å². The monoisotopic (exact) mass is 251 g/mol. The molecule has 0 aromatic carbocycles. The van der Waals surface area contributed by atoms with Gasteiger partial charge in [0.1, 0.15) is 0 Å². The van der Waals surface area contributed by atoms with Gasteiger partial charge in [0.25, 0.3) is 0 Å². The van der Waals surface area contributed by atoms with Gasteiger partial charge in [-0.25, -0.2) is 5.84 Å². The van der Waals surface area contributed by atoms with Crippen LogP contribution < -0.4 is 21.1 Å². The SMILES string of the molecule is CCN(CC)c1nc(NN)nc(N2CCCC2)n1. The Hall–Kier alpha value is -1.63. The van der Waals surface area contributed by atoms with Crippen molar-refractivity contribution in [1.82, 2.24) is 15.0 Å². The summed E-state index contributed by atoms with van der Waals surface area (Å²) in [6, 6.07) is 0. The van der Waals surface area contributed by atoms with Crippen LogP contribution in [-0.4, -0.2) is 41.1 Å². The Kier molecular flexibility index (Phi) is 4.14. The van der Waals surface area contributed by atoms with Crippen molar-refractivity contribution in [2.24, 2.45) is 5.84 Å². The third-order valence-electron chi connectivity index (χ3n) is 3.18. The van der Waals surface area contributed by atoms with Crippen molar-refractivity contribution < 1.29 is 0 Å². The first-order chi connectivity index (χ1) is 8.78. The van der Waals surface area contributed by atoms with E-state index in [-0.39, 0.29) is 0 Å². The van der Waals surface area contributed by atoms with Gasteiger partial charge in [0, 0.05) is 26.2 Å². The van der Waals surface area contributed by atoms with Crippen LogP contribution in [-0.2, 0) is 0 Å². The predicted octanol–water partition coefficient (Wildman–Crippen LogP) is 0.604. The summed E-state index contributed by atoms with van der Waals surface area (Å²) in [6.45, 7) is 7.90. The average molecular weight is 251 g/mol. The van der Waals surface area contributed by atoms with E-state index >= 15 is 0 Å². The second-order valence-electron chi connectivity index (χ2n) is 4.27. The summed E-state index contributed by atoms with van der Waals surface area (Å²) in [4.78, 5) is 17.4. The molecule has 0 aliphatic carbocycles. The molecule has 1 saturated heterocycles. The number of nitrogens with zero attached hydrogens (tertiary/aromatic N) is 5.